The van der Waals surface area contributed by atoms with Crippen LogP contribution in [0.25, 0.3) is 0 Å². The second-order valence-corrected chi connectivity index (χ2v) is 6.91. The Hall–Kier alpha value is -2.67. The molecule has 0 aromatic heterocycles. The molecule has 26 heavy (non-hydrogen) atoms. The zero-order valence-corrected chi connectivity index (χ0v) is 15.4. The van der Waals surface area contributed by atoms with E-state index in [1.807, 2.05) is 24.3 Å². The summed E-state index contributed by atoms with van der Waals surface area (Å²) in [5.41, 5.74) is 2.47. The molecule has 0 saturated heterocycles. The van der Waals surface area contributed by atoms with Crippen LogP contribution in [0.15, 0.2) is 58.1 Å². The van der Waals surface area contributed by atoms with Crippen LogP contribution in [-0.4, -0.2) is 32.8 Å². The van der Waals surface area contributed by atoms with Crippen molar-refractivity contribution in [1.82, 2.24) is 5.01 Å². The number of amides is 1. The van der Waals surface area contributed by atoms with E-state index in [0.717, 1.165) is 21.3 Å². The van der Waals surface area contributed by atoms with Crippen molar-refractivity contribution in [1.29, 1.82) is 0 Å². The van der Waals surface area contributed by atoms with Crippen molar-refractivity contribution in [3.63, 3.8) is 0 Å². The van der Waals surface area contributed by atoms with Crippen molar-refractivity contribution in [2.24, 2.45) is 5.10 Å². The molecule has 134 valence electrons. The van der Waals surface area contributed by atoms with Gasteiger partial charge in [0.15, 0.2) is 0 Å². The minimum Gasteiger partial charge on any atom is -0.508 e. The van der Waals surface area contributed by atoms with Gasteiger partial charge in [0.1, 0.15) is 5.75 Å². The third-order valence-corrected chi connectivity index (χ3v) is 4.70. The van der Waals surface area contributed by atoms with Crippen LogP contribution < -0.4 is 0 Å². The number of carboxylic acid groups (broad SMARTS) is 1. The predicted molar refractivity (Wildman–Crippen MR) is 99.9 cm³/mol. The van der Waals surface area contributed by atoms with Gasteiger partial charge in [-0.2, -0.15) is 5.10 Å². The summed E-state index contributed by atoms with van der Waals surface area (Å²) >= 11 is 3.40. The number of rotatable bonds is 5. The molecule has 0 spiro atoms. The Morgan fingerprint density at radius 2 is 1.73 bits per heavy atom. The molecule has 1 heterocycles. The fraction of sp³-hybridized carbons (Fsp3) is 0.211. The SMILES string of the molecule is O=C(O)CCC(=O)N1N=C(c2ccc(O)cc2)CC1c1ccc(Br)cc1. The van der Waals surface area contributed by atoms with Crippen molar-refractivity contribution < 1.29 is 19.8 Å². The van der Waals surface area contributed by atoms with Gasteiger partial charge in [-0.05, 0) is 47.5 Å². The van der Waals surface area contributed by atoms with Gasteiger partial charge in [-0.25, -0.2) is 5.01 Å². The number of aliphatic carboxylic acids is 1. The maximum Gasteiger partial charge on any atom is 0.303 e. The van der Waals surface area contributed by atoms with Crippen molar-refractivity contribution in [3.05, 3.63) is 64.1 Å². The van der Waals surface area contributed by atoms with Crippen LogP contribution in [0.1, 0.15) is 36.4 Å². The number of phenolic OH excluding ortho intramolecular Hbond substituents is 1. The number of carboxylic acids is 1. The lowest BCUT2D eigenvalue weighted by molar-refractivity contribution is -0.141. The van der Waals surface area contributed by atoms with Crippen molar-refractivity contribution >= 4 is 33.5 Å². The minimum atomic E-state index is -1.01. The molecule has 6 nitrogen and oxygen atoms in total. The van der Waals surface area contributed by atoms with E-state index in [0.29, 0.717) is 6.42 Å². The minimum absolute atomic E-state index is 0.102. The first-order valence-corrected chi connectivity index (χ1v) is 8.89. The molecule has 1 atom stereocenters. The fourth-order valence-corrected chi connectivity index (χ4v) is 3.11. The molecule has 1 amide bonds. The zero-order valence-electron chi connectivity index (χ0n) is 13.8. The van der Waals surface area contributed by atoms with Crippen molar-refractivity contribution in [3.8, 4) is 5.75 Å². The largest absolute Gasteiger partial charge is 0.508 e. The third kappa shape index (κ3) is 4.11. The Balaban J connectivity index is 1.89. The zero-order chi connectivity index (χ0) is 18.7. The first-order valence-electron chi connectivity index (χ1n) is 8.10. The number of aromatic hydroxyl groups is 1. The Morgan fingerprint density at radius 3 is 2.35 bits per heavy atom. The quantitative estimate of drug-likeness (QED) is 0.777. The van der Waals surface area contributed by atoms with Crippen LogP contribution in [-0.2, 0) is 9.59 Å². The van der Waals surface area contributed by atoms with E-state index in [-0.39, 0.29) is 30.5 Å². The lowest BCUT2D eigenvalue weighted by Crippen LogP contribution is -2.27. The number of halogens is 1. The summed E-state index contributed by atoms with van der Waals surface area (Å²) in [7, 11) is 0. The van der Waals surface area contributed by atoms with Gasteiger partial charge in [0.25, 0.3) is 0 Å². The predicted octanol–water partition coefficient (Wildman–Crippen LogP) is 3.70. The molecular weight excluding hydrogens is 400 g/mol. The summed E-state index contributed by atoms with van der Waals surface area (Å²) in [5, 5.41) is 24.1. The molecule has 1 aliphatic rings. The highest BCUT2D eigenvalue weighted by molar-refractivity contribution is 9.10. The summed E-state index contributed by atoms with van der Waals surface area (Å²) in [6, 6.07) is 14.0. The van der Waals surface area contributed by atoms with Crippen molar-refractivity contribution in [2.75, 3.05) is 0 Å². The Bertz CT molecular complexity index is 847. The van der Waals surface area contributed by atoms with Crippen LogP contribution in [0.3, 0.4) is 0 Å². The van der Waals surface area contributed by atoms with Gasteiger partial charge >= 0.3 is 5.97 Å². The third-order valence-electron chi connectivity index (χ3n) is 4.17. The van der Waals surface area contributed by atoms with Gasteiger partial charge in [-0.3, -0.25) is 9.59 Å². The summed E-state index contributed by atoms with van der Waals surface area (Å²) in [6.07, 6.45) is 0.187. The molecule has 0 saturated carbocycles. The van der Waals surface area contributed by atoms with E-state index in [4.69, 9.17) is 5.11 Å². The van der Waals surface area contributed by atoms with Gasteiger partial charge in [-0.15, -0.1) is 0 Å². The van der Waals surface area contributed by atoms with Gasteiger partial charge in [0.2, 0.25) is 5.91 Å². The van der Waals surface area contributed by atoms with Crippen LogP contribution in [0.4, 0.5) is 0 Å². The second-order valence-electron chi connectivity index (χ2n) is 6.00. The van der Waals surface area contributed by atoms with Gasteiger partial charge in [0, 0.05) is 17.3 Å². The normalized spacial score (nSPS) is 16.4. The molecule has 3 rings (SSSR count). The Labute approximate surface area is 158 Å². The number of hydrazone groups is 1. The van der Waals surface area contributed by atoms with Gasteiger partial charge < -0.3 is 10.2 Å². The molecule has 0 fully saturated rings. The lowest BCUT2D eigenvalue weighted by atomic mass is 9.98. The molecule has 2 aromatic rings. The van der Waals surface area contributed by atoms with Gasteiger partial charge in [-0.1, -0.05) is 28.1 Å². The number of hydrogen-bond donors (Lipinski definition) is 2. The second kappa shape index (κ2) is 7.70. The number of nitrogens with zero attached hydrogens (tertiary/aromatic N) is 2. The standard InChI is InChI=1S/C19H17BrN2O4/c20-14-5-1-13(2-6-14)17-11-16(12-3-7-15(23)8-4-12)21-22(17)18(24)9-10-19(25)26/h1-8,17,23H,9-11H2,(H,25,26). The first kappa shape index (κ1) is 18.1. The van der Waals surface area contributed by atoms with Crippen LogP contribution >= 0.6 is 15.9 Å². The number of hydrogen-bond acceptors (Lipinski definition) is 4. The molecule has 7 heteroatoms. The smallest absolute Gasteiger partial charge is 0.303 e. The number of phenols is 1. The monoisotopic (exact) mass is 416 g/mol. The van der Waals surface area contributed by atoms with Gasteiger partial charge in [0.05, 0.1) is 18.2 Å². The molecule has 1 unspecified atom stereocenters. The Morgan fingerprint density at radius 1 is 1.08 bits per heavy atom. The molecule has 1 aliphatic heterocycles. The fourth-order valence-electron chi connectivity index (χ4n) is 2.84. The van der Waals surface area contributed by atoms with E-state index < -0.39 is 5.97 Å². The van der Waals surface area contributed by atoms with E-state index in [1.54, 1.807) is 24.3 Å². The van der Waals surface area contributed by atoms with E-state index in [1.165, 1.54) is 5.01 Å². The highest BCUT2D eigenvalue weighted by Gasteiger charge is 2.33. The van der Waals surface area contributed by atoms with E-state index >= 15 is 0 Å². The number of carbonyl (C=O) groups excluding carboxylic acids is 1. The number of carbonyl (C=O) groups is 2. The van der Waals surface area contributed by atoms with Crippen LogP contribution in [0, 0.1) is 0 Å². The molecule has 0 aliphatic carbocycles. The molecule has 0 radical (unpaired) electrons. The first-order chi connectivity index (χ1) is 12.4. The molecular formula is C19H17BrN2O4. The van der Waals surface area contributed by atoms with Crippen LogP contribution in [0.5, 0.6) is 5.75 Å². The average molecular weight is 417 g/mol. The topological polar surface area (TPSA) is 90.2 Å². The molecule has 0 bridgehead atoms. The summed E-state index contributed by atoms with van der Waals surface area (Å²) < 4.78 is 0.933. The van der Waals surface area contributed by atoms with E-state index in [2.05, 4.69) is 21.0 Å². The maximum absolute atomic E-state index is 12.5. The Kier molecular flexibility index (Phi) is 5.37. The summed E-state index contributed by atoms with van der Waals surface area (Å²) in [4.78, 5) is 23.3. The number of benzene rings is 2. The van der Waals surface area contributed by atoms with Crippen LogP contribution in [0.2, 0.25) is 0 Å². The highest BCUT2D eigenvalue weighted by atomic mass is 79.9. The van der Waals surface area contributed by atoms with E-state index in [9.17, 15) is 14.7 Å². The highest BCUT2D eigenvalue weighted by Crippen LogP contribution is 2.34. The molecule has 2 aromatic carbocycles. The van der Waals surface area contributed by atoms with Crippen molar-refractivity contribution in [2.45, 2.75) is 25.3 Å². The summed E-state index contributed by atoms with van der Waals surface area (Å²) in [5.74, 6) is -1.18. The average Bonchev–Trinajstić information content (AvgIpc) is 3.06. The maximum atomic E-state index is 12.5. The molecule has 2 N–H and O–H groups in total. The lowest BCUT2D eigenvalue weighted by Gasteiger charge is -2.22. The summed E-state index contributed by atoms with van der Waals surface area (Å²) in [6.45, 7) is 0.